The van der Waals surface area contributed by atoms with Gasteiger partial charge in [0.2, 0.25) is 5.91 Å². The first-order valence-corrected chi connectivity index (χ1v) is 6.89. The van der Waals surface area contributed by atoms with Crippen molar-refractivity contribution in [2.45, 2.75) is 33.2 Å². The van der Waals surface area contributed by atoms with Crippen molar-refractivity contribution >= 4 is 17.7 Å². The van der Waals surface area contributed by atoms with E-state index < -0.39 is 0 Å². The fraction of sp³-hybridized carbons (Fsp3) is 0.909. The summed E-state index contributed by atoms with van der Waals surface area (Å²) in [4.78, 5) is 11.5. The maximum atomic E-state index is 11.5. The van der Waals surface area contributed by atoms with Crippen LogP contribution in [0.15, 0.2) is 0 Å². The van der Waals surface area contributed by atoms with Gasteiger partial charge in [-0.1, -0.05) is 20.8 Å². The summed E-state index contributed by atoms with van der Waals surface area (Å²) in [6.45, 7) is 7.00. The highest BCUT2D eigenvalue weighted by molar-refractivity contribution is 7.98. The van der Waals surface area contributed by atoms with Gasteiger partial charge < -0.3 is 11.1 Å². The van der Waals surface area contributed by atoms with E-state index in [1.165, 1.54) is 0 Å². The maximum absolute atomic E-state index is 11.5. The van der Waals surface area contributed by atoms with Crippen molar-refractivity contribution in [2.75, 3.05) is 18.6 Å². The lowest BCUT2D eigenvalue weighted by Gasteiger charge is -2.16. The SMILES string of the molecule is CSCC(C)CNC(=O)[C@@H](N)CC(C)C. The second-order valence-electron chi connectivity index (χ2n) is 4.54. The molecule has 90 valence electrons. The van der Waals surface area contributed by atoms with E-state index in [1.54, 1.807) is 11.8 Å². The molecule has 0 aromatic carbocycles. The molecule has 1 amide bonds. The largest absolute Gasteiger partial charge is 0.354 e. The van der Waals surface area contributed by atoms with Crippen LogP contribution in [-0.4, -0.2) is 30.5 Å². The smallest absolute Gasteiger partial charge is 0.236 e. The van der Waals surface area contributed by atoms with Gasteiger partial charge in [0.1, 0.15) is 0 Å². The Morgan fingerprint density at radius 3 is 2.47 bits per heavy atom. The van der Waals surface area contributed by atoms with E-state index in [-0.39, 0.29) is 11.9 Å². The Balaban J connectivity index is 3.72. The van der Waals surface area contributed by atoms with Crippen LogP contribution in [-0.2, 0) is 4.79 Å². The number of hydrogen-bond acceptors (Lipinski definition) is 3. The molecular weight excluding hydrogens is 208 g/mol. The first-order valence-electron chi connectivity index (χ1n) is 5.49. The van der Waals surface area contributed by atoms with Gasteiger partial charge in [0, 0.05) is 6.54 Å². The molecule has 0 radical (unpaired) electrons. The van der Waals surface area contributed by atoms with E-state index in [0.717, 1.165) is 18.7 Å². The molecule has 0 aliphatic rings. The van der Waals surface area contributed by atoms with Gasteiger partial charge in [0.25, 0.3) is 0 Å². The number of carbonyl (C=O) groups is 1. The van der Waals surface area contributed by atoms with E-state index in [0.29, 0.717) is 11.8 Å². The summed E-state index contributed by atoms with van der Waals surface area (Å²) in [5.74, 6) is 2.03. The molecule has 2 atom stereocenters. The molecule has 0 aliphatic carbocycles. The van der Waals surface area contributed by atoms with E-state index in [1.807, 2.05) is 0 Å². The number of hydrogen-bond donors (Lipinski definition) is 2. The average Bonchev–Trinajstić information content (AvgIpc) is 2.13. The first-order chi connectivity index (χ1) is 6.97. The number of carbonyl (C=O) groups excluding carboxylic acids is 1. The molecule has 3 N–H and O–H groups in total. The van der Waals surface area contributed by atoms with Crippen LogP contribution in [0, 0.1) is 11.8 Å². The van der Waals surface area contributed by atoms with Crippen molar-refractivity contribution in [3.05, 3.63) is 0 Å². The summed E-state index contributed by atoms with van der Waals surface area (Å²) < 4.78 is 0. The lowest BCUT2D eigenvalue weighted by atomic mass is 10.0. The molecule has 0 rings (SSSR count). The Bertz CT molecular complexity index is 185. The van der Waals surface area contributed by atoms with Crippen molar-refractivity contribution in [1.82, 2.24) is 5.32 Å². The Morgan fingerprint density at radius 2 is 2.00 bits per heavy atom. The highest BCUT2D eigenvalue weighted by atomic mass is 32.2. The van der Waals surface area contributed by atoms with Gasteiger partial charge >= 0.3 is 0 Å². The van der Waals surface area contributed by atoms with Gasteiger partial charge in [-0.25, -0.2) is 0 Å². The molecule has 0 bridgehead atoms. The number of rotatable bonds is 7. The fourth-order valence-corrected chi connectivity index (χ4v) is 2.05. The molecule has 0 aromatic rings. The third-order valence-corrected chi connectivity index (χ3v) is 3.04. The maximum Gasteiger partial charge on any atom is 0.236 e. The molecule has 3 nitrogen and oxygen atoms in total. The van der Waals surface area contributed by atoms with Crippen LogP contribution in [0.4, 0.5) is 0 Å². The Hall–Kier alpha value is -0.220. The second kappa shape index (κ2) is 7.99. The molecule has 0 heterocycles. The van der Waals surface area contributed by atoms with Crippen molar-refractivity contribution in [2.24, 2.45) is 17.6 Å². The van der Waals surface area contributed by atoms with E-state index in [4.69, 9.17) is 5.73 Å². The van der Waals surface area contributed by atoms with Crippen LogP contribution in [0.3, 0.4) is 0 Å². The highest BCUT2D eigenvalue weighted by Crippen LogP contribution is 2.04. The number of thioether (sulfide) groups is 1. The molecule has 1 unspecified atom stereocenters. The minimum Gasteiger partial charge on any atom is -0.354 e. The van der Waals surface area contributed by atoms with Crippen LogP contribution < -0.4 is 11.1 Å². The fourth-order valence-electron chi connectivity index (χ4n) is 1.36. The van der Waals surface area contributed by atoms with Crippen LogP contribution >= 0.6 is 11.8 Å². The first kappa shape index (κ1) is 14.8. The summed E-state index contributed by atoms with van der Waals surface area (Å²) in [5, 5.41) is 2.90. The van der Waals surface area contributed by atoms with Gasteiger partial charge in [-0.05, 0) is 30.3 Å². The van der Waals surface area contributed by atoms with Crippen molar-refractivity contribution in [3.63, 3.8) is 0 Å². The van der Waals surface area contributed by atoms with Gasteiger partial charge in [0.15, 0.2) is 0 Å². The molecule has 0 saturated heterocycles. The summed E-state index contributed by atoms with van der Waals surface area (Å²) in [7, 11) is 0. The average molecular weight is 232 g/mol. The van der Waals surface area contributed by atoms with E-state index in [2.05, 4.69) is 32.3 Å². The standard InChI is InChI=1S/C11H24N2OS/c1-8(2)5-10(12)11(14)13-6-9(3)7-15-4/h8-10H,5-7,12H2,1-4H3,(H,13,14)/t9?,10-/m0/s1. The lowest BCUT2D eigenvalue weighted by molar-refractivity contribution is -0.122. The quantitative estimate of drug-likeness (QED) is 0.699. The second-order valence-corrected chi connectivity index (χ2v) is 5.45. The van der Waals surface area contributed by atoms with Crippen LogP contribution in [0.5, 0.6) is 0 Å². The zero-order valence-corrected chi connectivity index (χ0v) is 11.1. The van der Waals surface area contributed by atoms with E-state index in [9.17, 15) is 4.79 Å². The summed E-state index contributed by atoms with van der Waals surface area (Å²) >= 11 is 1.80. The molecular formula is C11H24N2OS. The Kier molecular flexibility index (Phi) is 7.88. The molecule has 0 saturated carbocycles. The molecule has 0 spiro atoms. The number of nitrogens with two attached hydrogens (primary N) is 1. The molecule has 4 heteroatoms. The molecule has 0 fully saturated rings. The predicted octanol–water partition coefficient (Wildman–Crippen LogP) is 1.48. The summed E-state index contributed by atoms with van der Waals surface area (Å²) in [5.41, 5.74) is 5.76. The zero-order chi connectivity index (χ0) is 11.8. The molecule has 0 aliphatic heterocycles. The van der Waals surface area contributed by atoms with Crippen LogP contribution in [0.25, 0.3) is 0 Å². The predicted molar refractivity (Wildman–Crippen MR) is 68.0 cm³/mol. The normalized spacial score (nSPS) is 15.1. The monoisotopic (exact) mass is 232 g/mol. The minimum absolute atomic E-state index is 0.0170. The highest BCUT2D eigenvalue weighted by Gasteiger charge is 2.15. The molecule has 0 aromatic heterocycles. The van der Waals surface area contributed by atoms with Crippen LogP contribution in [0.2, 0.25) is 0 Å². The lowest BCUT2D eigenvalue weighted by Crippen LogP contribution is -2.43. The minimum atomic E-state index is -0.355. The zero-order valence-electron chi connectivity index (χ0n) is 10.2. The van der Waals surface area contributed by atoms with E-state index >= 15 is 0 Å². The third-order valence-electron chi connectivity index (χ3n) is 2.14. The Labute approximate surface area is 97.6 Å². The topological polar surface area (TPSA) is 55.1 Å². The van der Waals surface area contributed by atoms with Gasteiger partial charge in [-0.2, -0.15) is 11.8 Å². The van der Waals surface area contributed by atoms with Crippen LogP contribution in [0.1, 0.15) is 27.2 Å². The van der Waals surface area contributed by atoms with Gasteiger partial charge in [-0.15, -0.1) is 0 Å². The summed E-state index contributed by atoms with van der Waals surface area (Å²) in [6, 6.07) is -0.355. The van der Waals surface area contributed by atoms with Crippen molar-refractivity contribution in [3.8, 4) is 0 Å². The van der Waals surface area contributed by atoms with Crippen molar-refractivity contribution in [1.29, 1.82) is 0 Å². The van der Waals surface area contributed by atoms with Gasteiger partial charge in [-0.3, -0.25) is 4.79 Å². The van der Waals surface area contributed by atoms with Crippen molar-refractivity contribution < 1.29 is 4.79 Å². The summed E-state index contributed by atoms with van der Waals surface area (Å²) in [6.07, 6.45) is 2.82. The Morgan fingerprint density at radius 1 is 1.40 bits per heavy atom. The van der Waals surface area contributed by atoms with Gasteiger partial charge in [0.05, 0.1) is 6.04 Å². The number of nitrogens with one attached hydrogen (secondary N) is 1. The number of amides is 1. The molecule has 15 heavy (non-hydrogen) atoms. The third kappa shape index (κ3) is 7.68.